The molecule has 0 unspecified atom stereocenters. The van der Waals surface area contributed by atoms with Gasteiger partial charge in [0, 0.05) is 19.2 Å². The fourth-order valence-electron chi connectivity index (χ4n) is 1.21. The molecule has 1 aromatic rings. The van der Waals surface area contributed by atoms with Gasteiger partial charge in [-0.2, -0.15) is 0 Å². The van der Waals surface area contributed by atoms with Crippen molar-refractivity contribution in [2.45, 2.75) is 6.92 Å². The summed E-state index contributed by atoms with van der Waals surface area (Å²) in [5.74, 6) is -2.07. The van der Waals surface area contributed by atoms with Crippen molar-refractivity contribution >= 4 is 18.3 Å². The number of likely N-dealkylation sites (N-methyl/N-ethyl adjacent to an activating group) is 1. The number of benzene rings is 1. The lowest BCUT2D eigenvalue weighted by molar-refractivity contribution is 0.0950. The van der Waals surface area contributed by atoms with E-state index in [0.717, 1.165) is 18.7 Å². The predicted molar refractivity (Wildman–Crippen MR) is 64.5 cm³/mol. The highest BCUT2D eigenvalue weighted by Crippen LogP contribution is 2.08. The van der Waals surface area contributed by atoms with Gasteiger partial charge in [0.15, 0.2) is 0 Å². The van der Waals surface area contributed by atoms with Crippen LogP contribution in [0.2, 0.25) is 0 Å². The van der Waals surface area contributed by atoms with Crippen LogP contribution in [-0.4, -0.2) is 25.5 Å². The summed E-state index contributed by atoms with van der Waals surface area (Å²) in [7, 11) is 0. The van der Waals surface area contributed by atoms with Crippen molar-refractivity contribution in [3.05, 3.63) is 35.4 Å². The SMILES string of the molecule is CCNCCNC(=O)c1ccc(F)cc1F.Cl. The molecular formula is C11H15ClF2N2O. The molecule has 1 amide bonds. The molecule has 17 heavy (non-hydrogen) atoms. The summed E-state index contributed by atoms with van der Waals surface area (Å²) in [6, 6.07) is 2.88. The zero-order chi connectivity index (χ0) is 12.0. The van der Waals surface area contributed by atoms with Crippen LogP contribution in [0, 0.1) is 11.6 Å². The lowest BCUT2D eigenvalue weighted by atomic mass is 10.2. The third kappa shape index (κ3) is 5.10. The van der Waals surface area contributed by atoms with E-state index < -0.39 is 17.5 Å². The van der Waals surface area contributed by atoms with Crippen molar-refractivity contribution in [2.24, 2.45) is 0 Å². The van der Waals surface area contributed by atoms with Gasteiger partial charge in [-0.05, 0) is 18.7 Å². The fourth-order valence-corrected chi connectivity index (χ4v) is 1.21. The Labute approximate surface area is 105 Å². The normalized spacial score (nSPS) is 9.59. The number of halogens is 3. The molecule has 0 aromatic heterocycles. The maximum absolute atomic E-state index is 13.2. The van der Waals surface area contributed by atoms with Crippen LogP contribution in [-0.2, 0) is 0 Å². The number of amides is 1. The second-order valence-corrected chi connectivity index (χ2v) is 3.23. The third-order valence-electron chi connectivity index (χ3n) is 2.01. The Bertz CT molecular complexity index is 374. The first kappa shape index (κ1) is 15.8. The van der Waals surface area contributed by atoms with Gasteiger partial charge in [0.1, 0.15) is 11.6 Å². The number of rotatable bonds is 5. The van der Waals surface area contributed by atoms with E-state index in [0.29, 0.717) is 19.2 Å². The molecule has 1 aromatic carbocycles. The first-order valence-corrected chi connectivity index (χ1v) is 5.09. The molecule has 0 atom stereocenters. The molecule has 0 saturated carbocycles. The summed E-state index contributed by atoms with van der Waals surface area (Å²) < 4.78 is 25.7. The summed E-state index contributed by atoms with van der Waals surface area (Å²) in [6.45, 7) is 3.77. The maximum Gasteiger partial charge on any atom is 0.254 e. The smallest absolute Gasteiger partial charge is 0.254 e. The first-order chi connectivity index (χ1) is 7.65. The molecule has 0 fully saturated rings. The van der Waals surface area contributed by atoms with Crippen LogP contribution >= 0.6 is 12.4 Å². The quantitative estimate of drug-likeness (QED) is 0.796. The van der Waals surface area contributed by atoms with Gasteiger partial charge in [-0.3, -0.25) is 4.79 Å². The Kier molecular flexibility index (Phi) is 7.41. The number of nitrogens with one attached hydrogen (secondary N) is 2. The third-order valence-corrected chi connectivity index (χ3v) is 2.01. The van der Waals surface area contributed by atoms with Crippen LogP contribution in [0.25, 0.3) is 0 Å². The van der Waals surface area contributed by atoms with Crippen LogP contribution < -0.4 is 10.6 Å². The monoisotopic (exact) mass is 264 g/mol. The van der Waals surface area contributed by atoms with Gasteiger partial charge < -0.3 is 10.6 Å². The van der Waals surface area contributed by atoms with Crippen LogP contribution in [0.15, 0.2) is 18.2 Å². The minimum atomic E-state index is -0.846. The number of hydrogen-bond acceptors (Lipinski definition) is 2. The van der Waals surface area contributed by atoms with Crippen molar-refractivity contribution in [3.8, 4) is 0 Å². The van der Waals surface area contributed by atoms with E-state index in [-0.39, 0.29) is 18.0 Å². The van der Waals surface area contributed by atoms with Crippen molar-refractivity contribution < 1.29 is 13.6 Å². The van der Waals surface area contributed by atoms with Gasteiger partial charge >= 0.3 is 0 Å². The molecule has 0 radical (unpaired) electrons. The minimum absolute atomic E-state index is 0. The maximum atomic E-state index is 13.2. The van der Waals surface area contributed by atoms with Crippen LogP contribution in [0.5, 0.6) is 0 Å². The lowest BCUT2D eigenvalue weighted by Gasteiger charge is -2.06. The first-order valence-electron chi connectivity index (χ1n) is 5.09. The van der Waals surface area contributed by atoms with E-state index in [2.05, 4.69) is 10.6 Å². The highest BCUT2D eigenvalue weighted by molar-refractivity contribution is 5.94. The summed E-state index contributed by atoms with van der Waals surface area (Å²) >= 11 is 0. The molecule has 6 heteroatoms. The molecule has 3 nitrogen and oxygen atoms in total. The van der Waals surface area contributed by atoms with Crippen molar-refractivity contribution in [3.63, 3.8) is 0 Å². The standard InChI is InChI=1S/C11H14F2N2O.ClH/c1-2-14-5-6-15-11(16)9-4-3-8(12)7-10(9)13;/h3-4,7,14H,2,5-6H2,1H3,(H,15,16);1H. The van der Waals surface area contributed by atoms with E-state index in [9.17, 15) is 13.6 Å². The molecule has 0 aliphatic rings. The van der Waals surface area contributed by atoms with Gasteiger partial charge in [0.05, 0.1) is 5.56 Å². The highest BCUT2D eigenvalue weighted by Gasteiger charge is 2.11. The van der Waals surface area contributed by atoms with E-state index in [4.69, 9.17) is 0 Å². The van der Waals surface area contributed by atoms with Gasteiger partial charge in [-0.15, -0.1) is 12.4 Å². The van der Waals surface area contributed by atoms with E-state index >= 15 is 0 Å². The van der Waals surface area contributed by atoms with Crippen LogP contribution in [0.3, 0.4) is 0 Å². The Morgan fingerprint density at radius 2 is 2.00 bits per heavy atom. The van der Waals surface area contributed by atoms with E-state index in [1.807, 2.05) is 6.92 Å². The molecule has 0 saturated heterocycles. The molecule has 0 aliphatic carbocycles. The lowest BCUT2D eigenvalue weighted by Crippen LogP contribution is -2.32. The van der Waals surface area contributed by atoms with Crippen molar-refractivity contribution in [1.29, 1.82) is 0 Å². The Balaban J connectivity index is 0.00000256. The summed E-state index contributed by atoms with van der Waals surface area (Å²) in [4.78, 5) is 11.4. The van der Waals surface area contributed by atoms with Crippen molar-refractivity contribution in [1.82, 2.24) is 10.6 Å². The highest BCUT2D eigenvalue weighted by atomic mass is 35.5. The van der Waals surface area contributed by atoms with Crippen LogP contribution in [0.1, 0.15) is 17.3 Å². The van der Waals surface area contributed by atoms with E-state index in [1.54, 1.807) is 0 Å². The Hall–Kier alpha value is -1.20. The second kappa shape index (κ2) is 7.97. The largest absolute Gasteiger partial charge is 0.351 e. The number of carbonyl (C=O) groups excluding carboxylic acids is 1. The Morgan fingerprint density at radius 1 is 1.29 bits per heavy atom. The number of hydrogen-bond donors (Lipinski definition) is 2. The summed E-state index contributed by atoms with van der Waals surface area (Å²) in [5.41, 5.74) is -0.141. The average Bonchev–Trinajstić information content (AvgIpc) is 2.24. The molecule has 0 spiro atoms. The van der Waals surface area contributed by atoms with Gasteiger partial charge in [0.25, 0.3) is 5.91 Å². The van der Waals surface area contributed by atoms with E-state index in [1.165, 1.54) is 0 Å². The molecular weight excluding hydrogens is 250 g/mol. The Morgan fingerprint density at radius 3 is 2.59 bits per heavy atom. The number of carbonyl (C=O) groups is 1. The van der Waals surface area contributed by atoms with Gasteiger partial charge in [0.2, 0.25) is 0 Å². The zero-order valence-corrected chi connectivity index (χ0v) is 10.2. The van der Waals surface area contributed by atoms with Crippen LogP contribution in [0.4, 0.5) is 8.78 Å². The molecule has 96 valence electrons. The van der Waals surface area contributed by atoms with Gasteiger partial charge in [-0.1, -0.05) is 6.92 Å². The fraction of sp³-hybridized carbons (Fsp3) is 0.364. The molecule has 2 N–H and O–H groups in total. The molecule has 1 rings (SSSR count). The minimum Gasteiger partial charge on any atom is -0.351 e. The summed E-state index contributed by atoms with van der Waals surface area (Å²) in [5, 5.41) is 5.54. The average molecular weight is 265 g/mol. The van der Waals surface area contributed by atoms with Gasteiger partial charge in [-0.25, -0.2) is 8.78 Å². The second-order valence-electron chi connectivity index (χ2n) is 3.23. The zero-order valence-electron chi connectivity index (χ0n) is 9.43. The summed E-state index contributed by atoms with van der Waals surface area (Å²) in [6.07, 6.45) is 0. The molecule has 0 aliphatic heterocycles. The predicted octanol–water partition coefficient (Wildman–Crippen LogP) is 1.73. The molecule has 0 bridgehead atoms. The molecule has 0 heterocycles. The topological polar surface area (TPSA) is 41.1 Å². The van der Waals surface area contributed by atoms with Crippen molar-refractivity contribution in [2.75, 3.05) is 19.6 Å².